The zero-order valence-electron chi connectivity index (χ0n) is 10.8. The minimum absolute atomic E-state index is 0. The lowest BCUT2D eigenvalue weighted by Crippen LogP contribution is -3.00. The molecule has 98 valence electrons. The number of rotatable bonds is 1. The molecule has 0 N–H and O–H groups in total. The van der Waals surface area contributed by atoms with Gasteiger partial charge in [-0.15, -0.1) is 0 Å². The first kappa shape index (κ1) is 13.9. The second-order valence-corrected chi connectivity index (χ2v) is 4.83. The third-order valence-corrected chi connectivity index (χ3v) is 3.71. The zero-order valence-corrected chi connectivity index (χ0v) is 12.4. The molecular formula is C16H16BrNO. The third-order valence-electron chi connectivity index (χ3n) is 3.71. The minimum Gasteiger partial charge on any atom is -1.00 e. The van der Waals surface area contributed by atoms with Crippen LogP contribution in [0.1, 0.15) is 34.1 Å². The molecule has 1 aromatic carbocycles. The Morgan fingerprint density at radius 2 is 1.84 bits per heavy atom. The highest BCUT2D eigenvalue weighted by Crippen LogP contribution is 2.25. The van der Waals surface area contributed by atoms with Gasteiger partial charge in [0.05, 0.1) is 0 Å². The lowest BCUT2D eigenvalue weighted by Gasteiger charge is -2.20. The molecule has 0 aliphatic heterocycles. The maximum atomic E-state index is 12.5. The van der Waals surface area contributed by atoms with Crippen LogP contribution in [0, 0.1) is 6.92 Å². The molecule has 0 saturated carbocycles. The fourth-order valence-corrected chi connectivity index (χ4v) is 2.74. The standard InChI is InChI=1S/C16H16NO.BrH/c1-12-6-4-5-11-17(12)15-10-9-13-7-2-3-8-14(13)16(15)18;/h2-8,11,15H,9-10H2,1H3;1H/q+1;/p-1. The van der Waals surface area contributed by atoms with E-state index in [1.165, 1.54) is 5.56 Å². The number of carbonyl (C=O) groups excluding carboxylic acids is 1. The van der Waals surface area contributed by atoms with Gasteiger partial charge in [-0.2, -0.15) is 4.57 Å². The summed E-state index contributed by atoms with van der Waals surface area (Å²) in [5.74, 6) is 0.246. The van der Waals surface area contributed by atoms with E-state index in [0.717, 1.165) is 24.1 Å². The highest BCUT2D eigenvalue weighted by molar-refractivity contribution is 6.00. The van der Waals surface area contributed by atoms with E-state index in [-0.39, 0.29) is 28.8 Å². The van der Waals surface area contributed by atoms with Gasteiger partial charge in [0.25, 0.3) is 0 Å². The van der Waals surface area contributed by atoms with Gasteiger partial charge in [0, 0.05) is 31.0 Å². The van der Waals surface area contributed by atoms with Crippen molar-refractivity contribution in [2.75, 3.05) is 0 Å². The van der Waals surface area contributed by atoms with Gasteiger partial charge in [-0.25, -0.2) is 0 Å². The summed E-state index contributed by atoms with van der Waals surface area (Å²) in [6.45, 7) is 2.05. The van der Waals surface area contributed by atoms with Crippen molar-refractivity contribution in [2.45, 2.75) is 25.8 Å². The van der Waals surface area contributed by atoms with Crippen LogP contribution in [0.2, 0.25) is 0 Å². The number of fused-ring (bicyclic) bond motifs is 1. The van der Waals surface area contributed by atoms with E-state index in [1.807, 2.05) is 49.5 Å². The molecule has 0 amide bonds. The van der Waals surface area contributed by atoms with Crippen molar-refractivity contribution < 1.29 is 26.3 Å². The van der Waals surface area contributed by atoms with E-state index in [4.69, 9.17) is 0 Å². The van der Waals surface area contributed by atoms with Crippen LogP contribution < -0.4 is 21.5 Å². The van der Waals surface area contributed by atoms with Gasteiger partial charge in [0.2, 0.25) is 11.8 Å². The largest absolute Gasteiger partial charge is 1.00 e. The van der Waals surface area contributed by atoms with Crippen LogP contribution in [-0.2, 0) is 6.42 Å². The van der Waals surface area contributed by atoms with Crippen molar-refractivity contribution >= 4 is 5.78 Å². The number of Topliss-reactive ketones (excluding diaryl/α,β-unsaturated/α-hetero) is 1. The number of pyridine rings is 1. The van der Waals surface area contributed by atoms with Crippen LogP contribution in [0.15, 0.2) is 48.7 Å². The first-order valence-electron chi connectivity index (χ1n) is 6.36. The SMILES string of the molecule is Cc1cccc[n+]1C1CCc2ccccc2C1=O.[Br-]. The molecule has 2 nitrogen and oxygen atoms in total. The van der Waals surface area contributed by atoms with Gasteiger partial charge in [-0.05, 0) is 12.0 Å². The lowest BCUT2D eigenvalue weighted by molar-refractivity contribution is -0.714. The molecule has 1 aliphatic rings. The summed E-state index contributed by atoms with van der Waals surface area (Å²) in [5, 5.41) is 0. The minimum atomic E-state index is -0.0406. The number of carbonyl (C=O) groups is 1. The van der Waals surface area contributed by atoms with Gasteiger partial charge in [-0.1, -0.05) is 30.3 Å². The van der Waals surface area contributed by atoms with Crippen molar-refractivity contribution in [1.82, 2.24) is 0 Å². The fraction of sp³-hybridized carbons (Fsp3) is 0.250. The van der Waals surface area contributed by atoms with E-state index in [0.29, 0.717) is 0 Å². The number of aromatic nitrogens is 1. The fourth-order valence-electron chi connectivity index (χ4n) is 2.74. The summed E-state index contributed by atoms with van der Waals surface area (Å²) in [6, 6.07) is 14.0. The Morgan fingerprint density at radius 3 is 2.63 bits per heavy atom. The van der Waals surface area contributed by atoms with Crippen LogP contribution in [-0.4, -0.2) is 5.78 Å². The van der Waals surface area contributed by atoms with Gasteiger partial charge < -0.3 is 17.0 Å². The Hall–Kier alpha value is -1.48. The van der Waals surface area contributed by atoms with Crippen LogP contribution >= 0.6 is 0 Å². The van der Waals surface area contributed by atoms with Gasteiger partial charge >= 0.3 is 0 Å². The monoisotopic (exact) mass is 317 g/mol. The Balaban J connectivity index is 0.00000133. The van der Waals surface area contributed by atoms with Crippen LogP contribution in [0.25, 0.3) is 0 Å². The van der Waals surface area contributed by atoms with E-state index >= 15 is 0 Å². The molecule has 0 bridgehead atoms. The molecule has 1 unspecified atom stereocenters. The van der Waals surface area contributed by atoms with Crippen molar-refractivity contribution in [3.63, 3.8) is 0 Å². The van der Waals surface area contributed by atoms with Crippen LogP contribution in [0.5, 0.6) is 0 Å². The summed E-state index contributed by atoms with van der Waals surface area (Å²) in [7, 11) is 0. The molecule has 3 rings (SSSR count). The Labute approximate surface area is 123 Å². The first-order chi connectivity index (χ1) is 8.77. The number of benzene rings is 1. The van der Waals surface area contributed by atoms with E-state index in [1.54, 1.807) is 0 Å². The topological polar surface area (TPSA) is 20.9 Å². The highest BCUT2D eigenvalue weighted by atomic mass is 79.9. The molecule has 2 aromatic rings. The molecule has 1 aliphatic carbocycles. The van der Waals surface area contributed by atoms with E-state index < -0.39 is 0 Å². The van der Waals surface area contributed by atoms with Crippen molar-refractivity contribution in [2.24, 2.45) is 0 Å². The number of halogens is 1. The molecule has 0 saturated heterocycles. The molecule has 19 heavy (non-hydrogen) atoms. The van der Waals surface area contributed by atoms with Gasteiger partial charge in [-0.3, -0.25) is 4.79 Å². The number of nitrogens with zero attached hydrogens (tertiary/aromatic N) is 1. The summed E-state index contributed by atoms with van der Waals surface area (Å²) in [5.41, 5.74) is 3.22. The Bertz CT molecular complexity index is 609. The second kappa shape index (κ2) is 5.66. The molecule has 0 spiro atoms. The predicted octanol–water partition coefficient (Wildman–Crippen LogP) is -0.343. The number of hydrogen-bond donors (Lipinski definition) is 0. The van der Waals surface area contributed by atoms with Crippen molar-refractivity contribution in [3.05, 3.63) is 65.5 Å². The number of hydrogen-bond acceptors (Lipinski definition) is 1. The summed E-state index contributed by atoms with van der Waals surface area (Å²) in [4.78, 5) is 12.5. The van der Waals surface area contributed by atoms with Gasteiger partial charge in [0.15, 0.2) is 11.9 Å². The van der Waals surface area contributed by atoms with Crippen LogP contribution in [0.3, 0.4) is 0 Å². The first-order valence-corrected chi connectivity index (χ1v) is 6.36. The second-order valence-electron chi connectivity index (χ2n) is 4.83. The van der Waals surface area contributed by atoms with E-state index in [9.17, 15) is 4.79 Å². The van der Waals surface area contributed by atoms with Crippen LogP contribution in [0.4, 0.5) is 0 Å². The Morgan fingerprint density at radius 1 is 1.11 bits per heavy atom. The molecule has 1 atom stereocenters. The maximum absolute atomic E-state index is 12.5. The molecular weight excluding hydrogens is 302 g/mol. The normalized spacial score (nSPS) is 17.5. The number of ketones is 1. The number of aryl methyl sites for hydroxylation is 2. The molecule has 0 radical (unpaired) electrons. The average Bonchev–Trinajstić information content (AvgIpc) is 2.41. The maximum Gasteiger partial charge on any atom is 0.230 e. The predicted molar refractivity (Wildman–Crippen MR) is 69.5 cm³/mol. The summed E-state index contributed by atoms with van der Waals surface area (Å²) >= 11 is 0. The third kappa shape index (κ3) is 2.47. The van der Waals surface area contributed by atoms with Crippen molar-refractivity contribution in [1.29, 1.82) is 0 Å². The lowest BCUT2D eigenvalue weighted by atomic mass is 9.87. The van der Waals surface area contributed by atoms with E-state index in [2.05, 4.69) is 10.6 Å². The summed E-state index contributed by atoms with van der Waals surface area (Å²) in [6.07, 6.45) is 3.88. The molecule has 1 aromatic heterocycles. The molecule has 1 heterocycles. The highest BCUT2D eigenvalue weighted by Gasteiger charge is 2.34. The summed E-state index contributed by atoms with van der Waals surface area (Å²) < 4.78 is 2.10. The van der Waals surface area contributed by atoms with Crippen molar-refractivity contribution in [3.8, 4) is 0 Å². The average molecular weight is 318 g/mol. The smallest absolute Gasteiger partial charge is 0.230 e. The quantitative estimate of drug-likeness (QED) is 0.659. The molecule has 3 heteroatoms. The zero-order chi connectivity index (χ0) is 12.5. The Kier molecular flexibility index (Phi) is 4.15. The molecule has 0 fully saturated rings. The van der Waals surface area contributed by atoms with Gasteiger partial charge in [0.1, 0.15) is 0 Å².